The molecule has 0 aliphatic heterocycles. The van der Waals surface area contributed by atoms with Crippen LogP contribution in [0.4, 0.5) is 0 Å². The molecule has 2 aliphatic rings. The van der Waals surface area contributed by atoms with E-state index in [0.717, 1.165) is 25.5 Å². The van der Waals surface area contributed by atoms with Gasteiger partial charge in [-0.15, -0.1) is 0 Å². The Bertz CT molecular complexity index is 1140. The van der Waals surface area contributed by atoms with Crippen LogP contribution in [-0.4, -0.2) is 62.7 Å². The Morgan fingerprint density at radius 1 is 0.957 bits per heavy atom. The van der Waals surface area contributed by atoms with Gasteiger partial charge in [-0.05, 0) is 92.5 Å². The molecular formula is C36H68O7SSi2. The van der Waals surface area contributed by atoms with Crippen molar-refractivity contribution in [2.75, 3.05) is 13.4 Å². The van der Waals surface area contributed by atoms with Gasteiger partial charge < -0.3 is 13.6 Å². The van der Waals surface area contributed by atoms with Gasteiger partial charge >= 0.3 is 5.97 Å². The van der Waals surface area contributed by atoms with E-state index in [-0.39, 0.29) is 45.5 Å². The fraction of sp³-hybridized carbons (Fsp3) is 0.861. The van der Waals surface area contributed by atoms with Gasteiger partial charge in [0.1, 0.15) is 0 Å². The monoisotopic (exact) mass is 700 g/mol. The molecule has 0 heterocycles. The van der Waals surface area contributed by atoms with E-state index in [2.05, 4.69) is 99.0 Å². The van der Waals surface area contributed by atoms with Gasteiger partial charge in [-0.1, -0.05) is 79.2 Å². The first kappa shape index (κ1) is 41.4. The molecule has 5 atom stereocenters. The quantitative estimate of drug-likeness (QED) is 0.0491. The van der Waals surface area contributed by atoms with Crippen LogP contribution in [0.5, 0.6) is 0 Å². The van der Waals surface area contributed by atoms with Gasteiger partial charge in [0.2, 0.25) is 0 Å². The van der Waals surface area contributed by atoms with Crippen molar-refractivity contribution in [2.45, 2.75) is 167 Å². The van der Waals surface area contributed by atoms with Gasteiger partial charge in [-0.3, -0.25) is 8.98 Å². The average Bonchev–Trinajstić information content (AvgIpc) is 3.17. The molecule has 46 heavy (non-hydrogen) atoms. The molecule has 0 spiro atoms. The lowest BCUT2D eigenvalue weighted by Crippen LogP contribution is -2.51. The van der Waals surface area contributed by atoms with E-state index in [9.17, 15) is 13.2 Å². The summed E-state index contributed by atoms with van der Waals surface area (Å²) < 4.78 is 49.7. The molecule has 0 aromatic carbocycles. The molecule has 2 saturated carbocycles. The lowest BCUT2D eigenvalue weighted by Gasteiger charge is -2.51. The smallest absolute Gasteiger partial charge is 0.305 e. The summed E-state index contributed by atoms with van der Waals surface area (Å²) in [6, 6.07) is 0. The van der Waals surface area contributed by atoms with Crippen LogP contribution >= 0.6 is 0 Å². The second kappa shape index (κ2) is 16.3. The lowest BCUT2D eigenvalue weighted by atomic mass is 9.63. The van der Waals surface area contributed by atoms with Crippen molar-refractivity contribution < 1.29 is 31.0 Å². The topological polar surface area (TPSA) is 88.1 Å². The van der Waals surface area contributed by atoms with Gasteiger partial charge in [-0.2, -0.15) is 8.42 Å². The highest BCUT2D eigenvalue weighted by atomic mass is 32.2. The van der Waals surface area contributed by atoms with E-state index in [4.69, 9.17) is 17.8 Å². The number of allylic oxidation sites excluding steroid dienone is 2. The molecule has 2 aliphatic carbocycles. The molecule has 0 radical (unpaired) electrons. The Balaban J connectivity index is 2.43. The highest BCUT2D eigenvalue weighted by Gasteiger charge is 2.50. The first-order valence-corrected chi connectivity index (χ1v) is 25.2. The number of hydrogen-bond acceptors (Lipinski definition) is 7. The van der Waals surface area contributed by atoms with Gasteiger partial charge in [0.05, 0.1) is 31.7 Å². The molecule has 0 aromatic heterocycles. The van der Waals surface area contributed by atoms with Crippen molar-refractivity contribution in [3.05, 3.63) is 24.3 Å². The van der Waals surface area contributed by atoms with Crippen molar-refractivity contribution in [1.29, 1.82) is 0 Å². The molecule has 0 amide bonds. The van der Waals surface area contributed by atoms with Crippen molar-refractivity contribution in [3.8, 4) is 0 Å². The fourth-order valence-corrected chi connectivity index (χ4v) is 9.81. The summed E-state index contributed by atoms with van der Waals surface area (Å²) in [4.78, 5) is 11.5. The van der Waals surface area contributed by atoms with Crippen molar-refractivity contribution in [3.63, 3.8) is 0 Å². The minimum absolute atomic E-state index is 0.00748. The molecule has 2 rings (SSSR count). The summed E-state index contributed by atoms with van der Waals surface area (Å²) in [5, 5.41) is 0.150. The molecule has 0 N–H and O–H groups in total. The van der Waals surface area contributed by atoms with Gasteiger partial charge in [0.15, 0.2) is 16.6 Å². The Kier molecular flexibility index (Phi) is 14.6. The average molecular weight is 701 g/mol. The zero-order valence-electron chi connectivity index (χ0n) is 31.5. The maximum Gasteiger partial charge on any atom is 0.305 e. The van der Waals surface area contributed by atoms with E-state index in [1.165, 1.54) is 26.4 Å². The van der Waals surface area contributed by atoms with E-state index < -0.39 is 32.9 Å². The molecule has 2 fully saturated rings. The van der Waals surface area contributed by atoms with Crippen LogP contribution in [0, 0.1) is 17.3 Å². The predicted octanol–water partition coefficient (Wildman–Crippen LogP) is 9.56. The molecule has 0 bridgehead atoms. The number of hydrogen-bond donors (Lipinski definition) is 0. The zero-order chi connectivity index (χ0) is 35.2. The summed E-state index contributed by atoms with van der Waals surface area (Å²) in [5.41, 5.74) is 0.223. The first-order chi connectivity index (χ1) is 21.0. The Morgan fingerprint density at radius 3 is 2.04 bits per heavy atom. The highest BCUT2D eigenvalue weighted by molar-refractivity contribution is 7.86. The standard InChI is InChI=1S/C36H68O7SSi2/c1-14-36(25-20-26-36)32(43-46(12,13)35(5,6)7)23-19-22-29-28(21-17-15-16-18-24-33(37)40-8)30(41-44(9,38)39)27-31(29)42-45(10,11)34(2,3)4/h15,17,19,22,28-32H,14,16,18,20-21,23-27H2,1-13H3/t28-,29+,30-,31-,32?/m1/s1. The van der Waals surface area contributed by atoms with Crippen LogP contribution < -0.4 is 0 Å². The Labute approximate surface area is 285 Å². The summed E-state index contributed by atoms with van der Waals surface area (Å²) in [6.07, 6.45) is 18.3. The third-order valence-electron chi connectivity index (χ3n) is 11.7. The fourth-order valence-electron chi connectivity index (χ4n) is 6.36. The van der Waals surface area contributed by atoms with E-state index in [0.29, 0.717) is 25.7 Å². The predicted molar refractivity (Wildman–Crippen MR) is 195 cm³/mol. The number of carbonyl (C=O) groups is 1. The van der Waals surface area contributed by atoms with Crippen LogP contribution in [0.3, 0.4) is 0 Å². The summed E-state index contributed by atoms with van der Waals surface area (Å²) in [6.45, 7) is 25.2. The lowest BCUT2D eigenvalue weighted by molar-refractivity contribution is -0.140. The van der Waals surface area contributed by atoms with E-state index in [1.807, 2.05) is 0 Å². The number of esters is 1. The zero-order valence-corrected chi connectivity index (χ0v) is 34.3. The summed E-state index contributed by atoms with van der Waals surface area (Å²) >= 11 is 0. The molecule has 268 valence electrons. The van der Waals surface area contributed by atoms with Crippen LogP contribution in [0.25, 0.3) is 0 Å². The minimum Gasteiger partial charge on any atom is -0.469 e. The molecule has 1 unspecified atom stereocenters. The maximum atomic E-state index is 12.5. The van der Waals surface area contributed by atoms with E-state index in [1.54, 1.807) is 0 Å². The second-order valence-electron chi connectivity index (χ2n) is 17.0. The van der Waals surface area contributed by atoms with Crippen LogP contribution in [0.1, 0.15) is 113 Å². The van der Waals surface area contributed by atoms with Crippen molar-refractivity contribution in [1.82, 2.24) is 0 Å². The summed E-state index contributed by atoms with van der Waals surface area (Å²) in [7, 11) is -6.40. The van der Waals surface area contributed by atoms with Gasteiger partial charge in [0, 0.05) is 18.8 Å². The number of methoxy groups -OCH3 is 1. The van der Waals surface area contributed by atoms with E-state index >= 15 is 0 Å². The third kappa shape index (κ3) is 11.4. The van der Waals surface area contributed by atoms with Crippen LogP contribution in [-0.2, 0) is 32.7 Å². The Hall–Kier alpha value is -0.786. The largest absolute Gasteiger partial charge is 0.469 e. The van der Waals surface area contributed by atoms with Gasteiger partial charge in [0.25, 0.3) is 10.1 Å². The third-order valence-corrected chi connectivity index (χ3v) is 21.2. The number of rotatable bonds is 17. The van der Waals surface area contributed by atoms with Crippen LogP contribution in [0.2, 0.25) is 36.3 Å². The number of ether oxygens (including phenoxy) is 1. The minimum atomic E-state index is -3.66. The number of carbonyl (C=O) groups excluding carboxylic acids is 1. The van der Waals surface area contributed by atoms with Crippen molar-refractivity contribution >= 4 is 32.7 Å². The maximum absolute atomic E-state index is 12.5. The van der Waals surface area contributed by atoms with Gasteiger partial charge in [-0.25, -0.2) is 0 Å². The highest BCUT2D eigenvalue weighted by Crippen LogP contribution is 2.52. The SMILES string of the molecule is CCC1(C(CC=C[C@H]2[C@@H](CC=CCCCC(=O)OC)[C@H](OS(C)(=O)=O)C[C@H]2O[Si](C)(C)C(C)(C)C)O[Si](C)(C)C(C)(C)C)CCC1. The van der Waals surface area contributed by atoms with Crippen molar-refractivity contribution in [2.24, 2.45) is 17.3 Å². The Morgan fingerprint density at radius 2 is 1.57 bits per heavy atom. The first-order valence-electron chi connectivity index (χ1n) is 17.6. The normalized spacial score (nSPS) is 25.2. The molecular weight excluding hydrogens is 633 g/mol. The summed E-state index contributed by atoms with van der Waals surface area (Å²) in [5.74, 6) is -0.251. The second-order valence-corrected chi connectivity index (χ2v) is 28.1. The molecule has 7 nitrogen and oxygen atoms in total. The number of unbranched alkanes of at least 4 members (excludes halogenated alkanes) is 1. The van der Waals surface area contributed by atoms with Crippen LogP contribution in [0.15, 0.2) is 24.3 Å². The molecule has 10 heteroatoms. The molecule has 0 aromatic rings. The molecule has 0 saturated heterocycles.